The van der Waals surface area contributed by atoms with Crippen molar-refractivity contribution in [2.75, 3.05) is 12.4 Å². The molecule has 1 unspecified atom stereocenters. The van der Waals surface area contributed by atoms with E-state index in [1.54, 1.807) is 0 Å². The van der Waals surface area contributed by atoms with Crippen LogP contribution in [-0.2, 0) is 17.6 Å². The number of halogens is 1. The van der Waals surface area contributed by atoms with Gasteiger partial charge in [0.2, 0.25) is 5.91 Å². The van der Waals surface area contributed by atoms with Crippen LogP contribution in [0.5, 0.6) is 0 Å². The summed E-state index contributed by atoms with van der Waals surface area (Å²) in [5.41, 5.74) is 2.87. The lowest BCUT2D eigenvalue weighted by Crippen LogP contribution is -2.39. The molecule has 1 atom stereocenters. The smallest absolute Gasteiger partial charge is 0.223 e. The summed E-state index contributed by atoms with van der Waals surface area (Å²) in [6.07, 6.45) is 4.91. The van der Waals surface area contributed by atoms with Gasteiger partial charge < -0.3 is 5.32 Å². The van der Waals surface area contributed by atoms with Crippen LogP contribution in [0.4, 0.5) is 0 Å². The third-order valence-corrected chi connectivity index (χ3v) is 4.71. The molecule has 1 aliphatic rings. The predicted molar refractivity (Wildman–Crippen MR) is 88.7 cm³/mol. The van der Waals surface area contributed by atoms with Crippen molar-refractivity contribution in [2.24, 2.45) is 11.3 Å². The lowest BCUT2D eigenvalue weighted by molar-refractivity contribution is -0.125. The Labute approximate surface area is 133 Å². The third kappa shape index (κ3) is 4.74. The first kappa shape index (κ1) is 16.4. The molecular formula is C18H26ClNO. The van der Waals surface area contributed by atoms with Gasteiger partial charge in [-0.1, -0.05) is 38.1 Å². The van der Waals surface area contributed by atoms with Gasteiger partial charge in [0, 0.05) is 18.3 Å². The van der Waals surface area contributed by atoms with Gasteiger partial charge in [-0.05, 0) is 48.6 Å². The number of carbonyl (C=O) groups excluding carboxylic acids is 1. The molecule has 0 spiro atoms. The van der Waals surface area contributed by atoms with Gasteiger partial charge in [-0.15, -0.1) is 11.6 Å². The number of carbonyl (C=O) groups is 1. The van der Waals surface area contributed by atoms with Crippen LogP contribution in [0.25, 0.3) is 0 Å². The molecule has 1 aliphatic carbocycles. The maximum Gasteiger partial charge on any atom is 0.223 e. The molecule has 0 heterocycles. The van der Waals surface area contributed by atoms with Crippen molar-refractivity contribution in [3.63, 3.8) is 0 Å². The number of fused-ring (bicyclic) bond motifs is 1. The van der Waals surface area contributed by atoms with E-state index in [2.05, 4.69) is 43.4 Å². The van der Waals surface area contributed by atoms with Crippen molar-refractivity contribution >= 4 is 17.5 Å². The van der Waals surface area contributed by atoms with Crippen LogP contribution in [-0.4, -0.2) is 18.3 Å². The fraction of sp³-hybridized carbons (Fsp3) is 0.611. The van der Waals surface area contributed by atoms with E-state index in [4.69, 9.17) is 11.6 Å². The fourth-order valence-corrected chi connectivity index (χ4v) is 3.16. The Hall–Kier alpha value is -1.02. The minimum atomic E-state index is 0.122. The molecule has 116 valence electrons. The van der Waals surface area contributed by atoms with Crippen molar-refractivity contribution < 1.29 is 4.79 Å². The van der Waals surface area contributed by atoms with Crippen LogP contribution < -0.4 is 5.32 Å². The highest BCUT2D eigenvalue weighted by atomic mass is 35.5. The number of hydrogen-bond donors (Lipinski definition) is 1. The summed E-state index contributed by atoms with van der Waals surface area (Å²) in [6, 6.07) is 8.48. The molecule has 2 rings (SSSR count). The average molecular weight is 308 g/mol. The Kier molecular flexibility index (Phi) is 5.69. The molecule has 1 N–H and O–H groups in total. The number of nitrogens with one attached hydrogen (secondary N) is 1. The van der Waals surface area contributed by atoms with Crippen LogP contribution in [0.1, 0.15) is 44.2 Å². The Morgan fingerprint density at radius 3 is 2.76 bits per heavy atom. The standard InChI is InChI=1S/C18H26ClNO/c1-18(2,10-5-11-19)13-20-17(21)16-9-8-14-6-3-4-7-15(14)12-16/h3-4,6-7,16H,5,8-13H2,1-2H3,(H,20,21). The minimum absolute atomic E-state index is 0.122. The number of benzene rings is 1. The van der Waals surface area contributed by atoms with Crippen LogP contribution in [0.2, 0.25) is 0 Å². The molecule has 1 aromatic rings. The second kappa shape index (κ2) is 7.31. The Balaban J connectivity index is 1.85. The van der Waals surface area contributed by atoms with E-state index in [9.17, 15) is 4.79 Å². The van der Waals surface area contributed by atoms with Crippen molar-refractivity contribution in [1.29, 1.82) is 0 Å². The van der Waals surface area contributed by atoms with Gasteiger partial charge in [0.25, 0.3) is 0 Å². The number of rotatable bonds is 6. The highest BCUT2D eigenvalue weighted by Gasteiger charge is 2.26. The normalized spacial score (nSPS) is 18.1. The number of amides is 1. The van der Waals surface area contributed by atoms with Crippen LogP contribution in [0, 0.1) is 11.3 Å². The van der Waals surface area contributed by atoms with Gasteiger partial charge >= 0.3 is 0 Å². The first-order valence-corrected chi connectivity index (χ1v) is 8.46. The summed E-state index contributed by atoms with van der Waals surface area (Å²) in [7, 11) is 0. The summed E-state index contributed by atoms with van der Waals surface area (Å²) in [4.78, 5) is 12.4. The summed E-state index contributed by atoms with van der Waals surface area (Å²) in [5, 5.41) is 3.15. The minimum Gasteiger partial charge on any atom is -0.355 e. The molecule has 21 heavy (non-hydrogen) atoms. The maximum atomic E-state index is 12.4. The summed E-state index contributed by atoms with van der Waals surface area (Å²) in [5.74, 6) is 1.03. The Morgan fingerprint density at radius 1 is 1.33 bits per heavy atom. The largest absolute Gasteiger partial charge is 0.355 e. The van der Waals surface area contributed by atoms with Gasteiger partial charge in [0.05, 0.1) is 0 Å². The molecule has 1 amide bonds. The molecule has 1 aromatic carbocycles. The van der Waals surface area contributed by atoms with E-state index in [0.29, 0.717) is 5.88 Å². The molecular weight excluding hydrogens is 282 g/mol. The third-order valence-electron chi connectivity index (χ3n) is 4.45. The van der Waals surface area contributed by atoms with Crippen molar-refractivity contribution in [3.8, 4) is 0 Å². The summed E-state index contributed by atoms with van der Waals surface area (Å²) < 4.78 is 0. The van der Waals surface area contributed by atoms with Crippen LogP contribution in [0.15, 0.2) is 24.3 Å². The quantitative estimate of drug-likeness (QED) is 0.792. The zero-order chi connectivity index (χ0) is 15.3. The monoisotopic (exact) mass is 307 g/mol. The predicted octanol–water partition coefficient (Wildman–Crippen LogP) is 3.95. The van der Waals surface area contributed by atoms with E-state index in [1.165, 1.54) is 11.1 Å². The van der Waals surface area contributed by atoms with Crippen LogP contribution in [0.3, 0.4) is 0 Å². The number of alkyl halides is 1. The molecule has 0 bridgehead atoms. The molecule has 0 aromatic heterocycles. The molecule has 0 radical (unpaired) electrons. The lowest BCUT2D eigenvalue weighted by Gasteiger charge is -2.28. The molecule has 0 fully saturated rings. The first-order chi connectivity index (χ1) is 10.0. The Morgan fingerprint density at radius 2 is 2.05 bits per heavy atom. The average Bonchev–Trinajstić information content (AvgIpc) is 2.50. The molecule has 2 nitrogen and oxygen atoms in total. The van der Waals surface area contributed by atoms with E-state index in [0.717, 1.165) is 38.6 Å². The zero-order valence-electron chi connectivity index (χ0n) is 13.1. The molecule has 0 saturated carbocycles. The van der Waals surface area contributed by atoms with E-state index >= 15 is 0 Å². The van der Waals surface area contributed by atoms with Crippen molar-refractivity contribution in [1.82, 2.24) is 5.32 Å². The summed E-state index contributed by atoms with van der Waals surface area (Å²) >= 11 is 5.75. The van der Waals surface area contributed by atoms with Gasteiger partial charge in [-0.2, -0.15) is 0 Å². The lowest BCUT2D eigenvalue weighted by atomic mass is 9.83. The van der Waals surface area contributed by atoms with Crippen LogP contribution >= 0.6 is 11.6 Å². The second-order valence-corrected chi connectivity index (χ2v) is 7.26. The SMILES string of the molecule is CC(C)(CCCCl)CNC(=O)C1CCc2ccccc2C1. The topological polar surface area (TPSA) is 29.1 Å². The van der Waals surface area contributed by atoms with Gasteiger partial charge in [0.1, 0.15) is 0 Å². The first-order valence-electron chi connectivity index (χ1n) is 7.92. The van der Waals surface area contributed by atoms with Gasteiger partial charge in [0.15, 0.2) is 0 Å². The van der Waals surface area contributed by atoms with E-state index in [-0.39, 0.29) is 17.2 Å². The maximum absolute atomic E-state index is 12.4. The van der Waals surface area contributed by atoms with E-state index < -0.39 is 0 Å². The Bertz CT molecular complexity index is 484. The number of hydrogen-bond acceptors (Lipinski definition) is 1. The highest BCUT2D eigenvalue weighted by molar-refractivity contribution is 6.17. The molecule has 3 heteroatoms. The number of aryl methyl sites for hydroxylation is 1. The van der Waals surface area contributed by atoms with E-state index in [1.807, 2.05) is 0 Å². The zero-order valence-corrected chi connectivity index (χ0v) is 13.9. The van der Waals surface area contributed by atoms with Crippen molar-refractivity contribution in [3.05, 3.63) is 35.4 Å². The highest BCUT2D eigenvalue weighted by Crippen LogP contribution is 2.26. The van der Waals surface area contributed by atoms with Crippen molar-refractivity contribution in [2.45, 2.75) is 46.0 Å². The molecule has 0 saturated heterocycles. The summed E-state index contributed by atoms with van der Waals surface area (Å²) in [6.45, 7) is 5.12. The van der Waals surface area contributed by atoms with Gasteiger partial charge in [-0.3, -0.25) is 4.79 Å². The van der Waals surface area contributed by atoms with Gasteiger partial charge in [-0.25, -0.2) is 0 Å². The second-order valence-electron chi connectivity index (χ2n) is 6.88. The molecule has 0 aliphatic heterocycles. The fourth-order valence-electron chi connectivity index (χ4n) is 3.03.